The van der Waals surface area contributed by atoms with Crippen LogP contribution in [0.4, 0.5) is 16.3 Å². The van der Waals surface area contributed by atoms with E-state index in [1.165, 1.54) is 7.11 Å². The fourth-order valence-corrected chi connectivity index (χ4v) is 3.33. The van der Waals surface area contributed by atoms with Gasteiger partial charge in [0, 0.05) is 11.5 Å². The van der Waals surface area contributed by atoms with E-state index in [1.54, 1.807) is 28.9 Å². The molecule has 3 amide bonds. The number of hydrogen-bond donors (Lipinski definition) is 3. The zero-order chi connectivity index (χ0) is 24.2. The molecule has 1 heterocycles. The van der Waals surface area contributed by atoms with Crippen LogP contribution in [-0.4, -0.2) is 35.4 Å². The van der Waals surface area contributed by atoms with Gasteiger partial charge < -0.3 is 20.7 Å². The van der Waals surface area contributed by atoms with Gasteiger partial charge >= 0.3 is 6.03 Å². The number of benzene rings is 2. The zero-order valence-corrected chi connectivity index (χ0v) is 19.9. The first kappa shape index (κ1) is 23.8. The van der Waals surface area contributed by atoms with Crippen molar-refractivity contribution in [2.24, 2.45) is 0 Å². The first-order valence-corrected chi connectivity index (χ1v) is 10.7. The van der Waals surface area contributed by atoms with Crippen LogP contribution in [0.2, 0.25) is 0 Å². The maximum absolute atomic E-state index is 12.7. The molecule has 0 unspecified atom stereocenters. The van der Waals surface area contributed by atoms with Gasteiger partial charge in [-0.3, -0.25) is 4.79 Å². The summed E-state index contributed by atoms with van der Waals surface area (Å²) in [7, 11) is 1.52. The third-order valence-electron chi connectivity index (χ3n) is 5.09. The van der Waals surface area contributed by atoms with Gasteiger partial charge in [0.2, 0.25) is 5.91 Å². The Balaban J connectivity index is 1.73. The summed E-state index contributed by atoms with van der Waals surface area (Å²) in [5.41, 5.74) is 4.24. The highest BCUT2D eigenvalue weighted by Crippen LogP contribution is 2.28. The zero-order valence-electron chi connectivity index (χ0n) is 19.9. The summed E-state index contributed by atoms with van der Waals surface area (Å²) in [5.74, 6) is 0.713. The monoisotopic (exact) mass is 449 g/mol. The number of para-hydroxylation sites is 2. The Bertz CT molecular complexity index is 1160. The Labute approximate surface area is 194 Å². The summed E-state index contributed by atoms with van der Waals surface area (Å²) >= 11 is 0. The minimum absolute atomic E-state index is 0.198. The van der Waals surface area contributed by atoms with Gasteiger partial charge in [0.25, 0.3) is 0 Å². The lowest BCUT2D eigenvalue weighted by Crippen LogP contribution is -2.36. The standard InChI is InChI=1S/C25H31N5O3/c1-16-11-12-19(17(2)13-16)30-22(14-21(29-30)25(3,4)5)28-23(31)15-26-24(32)27-18-9-7-8-10-20(18)33-6/h7-14H,15H2,1-6H3,(H,28,31)(H2,26,27,32). The minimum Gasteiger partial charge on any atom is -0.495 e. The number of nitrogens with one attached hydrogen (secondary N) is 3. The molecule has 0 saturated carbocycles. The smallest absolute Gasteiger partial charge is 0.319 e. The fraction of sp³-hybridized carbons (Fsp3) is 0.320. The highest BCUT2D eigenvalue weighted by atomic mass is 16.5. The molecule has 3 aromatic rings. The molecule has 0 spiro atoms. The van der Waals surface area contributed by atoms with Crippen molar-refractivity contribution in [1.29, 1.82) is 0 Å². The van der Waals surface area contributed by atoms with Gasteiger partial charge in [0.1, 0.15) is 11.6 Å². The van der Waals surface area contributed by atoms with Crippen molar-refractivity contribution >= 4 is 23.4 Å². The van der Waals surface area contributed by atoms with Gasteiger partial charge in [-0.15, -0.1) is 0 Å². The number of urea groups is 1. The predicted molar refractivity (Wildman–Crippen MR) is 130 cm³/mol. The van der Waals surface area contributed by atoms with Crippen LogP contribution in [-0.2, 0) is 10.2 Å². The lowest BCUT2D eigenvalue weighted by atomic mass is 9.92. The van der Waals surface area contributed by atoms with E-state index in [1.807, 2.05) is 32.0 Å². The number of anilines is 2. The van der Waals surface area contributed by atoms with Crippen molar-refractivity contribution in [1.82, 2.24) is 15.1 Å². The molecule has 0 bridgehead atoms. The van der Waals surface area contributed by atoms with Crippen LogP contribution in [0.1, 0.15) is 37.6 Å². The van der Waals surface area contributed by atoms with E-state index in [9.17, 15) is 9.59 Å². The Morgan fingerprint density at radius 2 is 1.76 bits per heavy atom. The molecule has 8 nitrogen and oxygen atoms in total. The van der Waals surface area contributed by atoms with Crippen LogP contribution in [0.5, 0.6) is 5.75 Å². The Kier molecular flexibility index (Phi) is 7.06. The molecular formula is C25H31N5O3. The number of nitrogens with zero attached hydrogens (tertiary/aromatic N) is 2. The number of amides is 3. The number of hydrogen-bond acceptors (Lipinski definition) is 4. The lowest BCUT2D eigenvalue weighted by molar-refractivity contribution is -0.115. The molecule has 3 N–H and O–H groups in total. The van der Waals surface area contributed by atoms with Crippen molar-refractivity contribution in [2.45, 2.75) is 40.0 Å². The maximum Gasteiger partial charge on any atom is 0.319 e. The van der Waals surface area contributed by atoms with Crippen LogP contribution in [0.3, 0.4) is 0 Å². The highest BCUT2D eigenvalue weighted by Gasteiger charge is 2.22. The maximum atomic E-state index is 12.7. The number of aryl methyl sites for hydroxylation is 2. The van der Waals surface area contributed by atoms with E-state index in [0.717, 1.165) is 22.5 Å². The molecule has 0 saturated heterocycles. The molecule has 0 fully saturated rings. The van der Waals surface area contributed by atoms with E-state index in [-0.39, 0.29) is 17.9 Å². The Hall–Kier alpha value is -3.81. The molecule has 0 aliphatic rings. The summed E-state index contributed by atoms with van der Waals surface area (Å²) in [6, 6.07) is 14.5. The molecule has 8 heteroatoms. The SMILES string of the molecule is COc1ccccc1NC(=O)NCC(=O)Nc1cc(C(C)(C)C)nn1-c1ccc(C)cc1C. The van der Waals surface area contributed by atoms with Crippen LogP contribution in [0.25, 0.3) is 5.69 Å². The molecule has 33 heavy (non-hydrogen) atoms. The second-order valence-corrected chi connectivity index (χ2v) is 8.92. The van der Waals surface area contributed by atoms with Gasteiger partial charge in [0.15, 0.2) is 0 Å². The first-order chi connectivity index (χ1) is 15.6. The highest BCUT2D eigenvalue weighted by molar-refractivity contribution is 5.97. The molecular weight excluding hydrogens is 418 g/mol. The van der Waals surface area contributed by atoms with E-state index in [4.69, 9.17) is 9.84 Å². The quantitative estimate of drug-likeness (QED) is 0.514. The average Bonchev–Trinajstić information content (AvgIpc) is 3.16. The molecule has 0 aliphatic carbocycles. The normalized spacial score (nSPS) is 11.1. The van der Waals surface area contributed by atoms with Gasteiger partial charge in [-0.2, -0.15) is 5.10 Å². The van der Waals surface area contributed by atoms with Crippen molar-refractivity contribution in [3.63, 3.8) is 0 Å². The molecule has 174 valence electrons. The Morgan fingerprint density at radius 3 is 2.42 bits per heavy atom. The van der Waals surface area contributed by atoms with E-state index < -0.39 is 6.03 Å². The van der Waals surface area contributed by atoms with Crippen LogP contribution in [0, 0.1) is 13.8 Å². The van der Waals surface area contributed by atoms with Gasteiger partial charge in [-0.05, 0) is 37.6 Å². The molecule has 0 aliphatic heterocycles. The van der Waals surface area contributed by atoms with Gasteiger partial charge in [-0.1, -0.05) is 50.6 Å². The third kappa shape index (κ3) is 5.91. The van der Waals surface area contributed by atoms with Gasteiger partial charge in [0.05, 0.1) is 30.7 Å². The van der Waals surface area contributed by atoms with E-state index >= 15 is 0 Å². The summed E-state index contributed by atoms with van der Waals surface area (Å²) in [5, 5.41) is 12.9. The topological polar surface area (TPSA) is 97.3 Å². The van der Waals surface area contributed by atoms with Crippen LogP contribution in [0.15, 0.2) is 48.5 Å². The lowest BCUT2D eigenvalue weighted by Gasteiger charge is -2.14. The number of carbonyl (C=O) groups is 2. The number of ether oxygens (including phenoxy) is 1. The summed E-state index contributed by atoms with van der Waals surface area (Å²) in [6.45, 7) is 10.0. The Morgan fingerprint density at radius 1 is 1.03 bits per heavy atom. The minimum atomic E-state index is -0.507. The van der Waals surface area contributed by atoms with Crippen molar-refractivity contribution in [3.05, 3.63) is 65.4 Å². The first-order valence-electron chi connectivity index (χ1n) is 10.7. The molecule has 0 atom stereocenters. The average molecular weight is 450 g/mol. The number of carbonyl (C=O) groups excluding carboxylic acids is 2. The largest absolute Gasteiger partial charge is 0.495 e. The summed E-state index contributed by atoms with van der Waals surface area (Å²) < 4.78 is 6.96. The van der Waals surface area contributed by atoms with E-state index in [0.29, 0.717) is 17.3 Å². The number of aromatic nitrogens is 2. The fourth-order valence-electron chi connectivity index (χ4n) is 3.33. The second-order valence-electron chi connectivity index (χ2n) is 8.92. The molecule has 2 aromatic carbocycles. The molecule has 3 rings (SSSR count). The van der Waals surface area contributed by atoms with Crippen molar-refractivity contribution in [3.8, 4) is 11.4 Å². The molecule has 1 aromatic heterocycles. The summed E-state index contributed by atoms with van der Waals surface area (Å²) in [6.07, 6.45) is 0. The van der Waals surface area contributed by atoms with Crippen LogP contribution < -0.4 is 20.7 Å². The number of rotatable bonds is 6. The van der Waals surface area contributed by atoms with E-state index in [2.05, 4.69) is 42.8 Å². The van der Waals surface area contributed by atoms with Crippen molar-refractivity contribution in [2.75, 3.05) is 24.3 Å². The molecule has 0 radical (unpaired) electrons. The number of methoxy groups -OCH3 is 1. The van der Waals surface area contributed by atoms with Gasteiger partial charge in [-0.25, -0.2) is 9.48 Å². The van der Waals surface area contributed by atoms with Crippen LogP contribution >= 0.6 is 0 Å². The van der Waals surface area contributed by atoms with Crippen molar-refractivity contribution < 1.29 is 14.3 Å². The third-order valence-corrected chi connectivity index (χ3v) is 5.09. The predicted octanol–water partition coefficient (Wildman–Crippen LogP) is 4.56. The summed E-state index contributed by atoms with van der Waals surface area (Å²) in [4.78, 5) is 24.9. The second kappa shape index (κ2) is 9.77.